The van der Waals surface area contributed by atoms with E-state index in [1.165, 1.54) is 23.5 Å². The Balaban J connectivity index is 1.76. The highest BCUT2D eigenvalue weighted by molar-refractivity contribution is 7.14. The highest BCUT2D eigenvalue weighted by Gasteiger charge is 2.51. The molecule has 3 aromatic rings. The molecule has 1 fully saturated rings. The predicted molar refractivity (Wildman–Crippen MR) is 101 cm³/mol. The van der Waals surface area contributed by atoms with Gasteiger partial charge in [0.15, 0.2) is 5.01 Å². The maximum atomic E-state index is 14.0. The molecule has 1 saturated carbocycles. The van der Waals surface area contributed by atoms with Gasteiger partial charge in [-0.3, -0.25) is 0 Å². The van der Waals surface area contributed by atoms with Crippen LogP contribution in [0.4, 0.5) is 14.5 Å². The average molecular weight is 412 g/mol. The van der Waals surface area contributed by atoms with Gasteiger partial charge in [0.25, 0.3) is 0 Å². The van der Waals surface area contributed by atoms with Crippen molar-refractivity contribution in [3.63, 3.8) is 0 Å². The van der Waals surface area contributed by atoms with E-state index in [-0.39, 0.29) is 5.56 Å². The Morgan fingerprint density at radius 3 is 2.35 bits per heavy atom. The van der Waals surface area contributed by atoms with E-state index in [4.69, 9.17) is 23.2 Å². The summed E-state index contributed by atoms with van der Waals surface area (Å²) in [4.78, 5) is 0. The number of hydrogen-bond donors (Lipinski definition) is 1. The molecular weight excluding hydrogens is 399 g/mol. The fraction of sp³-hybridized carbons (Fsp3) is 0.222. The topological polar surface area (TPSA) is 37.8 Å². The lowest BCUT2D eigenvalue weighted by molar-refractivity contribution is 0.585. The molecule has 0 atom stereocenters. The molecule has 2 aromatic carbocycles. The van der Waals surface area contributed by atoms with E-state index in [1.54, 1.807) is 7.05 Å². The van der Waals surface area contributed by atoms with Gasteiger partial charge in [0.2, 0.25) is 0 Å². The third-order valence-corrected chi connectivity index (χ3v) is 6.31. The van der Waals surface area contributed by atoms with Gasteiger partial charge in [-0.2, -0.15) is 0 Å². The number of nitrogens with zero attached hydrogens (tertiary/aromatic N) is 2. The summed E-state index contributed by atoms with van der Waals surface area (Å²) < 4.78 is 27.2. The van der Waals surface area contributed by atoms with Crippen LogP contribution >= 0.6 is 34.5 Å². The number of rotatable bonds is 4. The summed E-state index contributed by atoms with van der Waals surface area (Å²) in [6.07, 6.45) is 1.68. The summed E-state index contributed by atoms with van der Waals surface area (Å²) in [5.41, 5.74) is 1.48. The Morgan fingerprint density at radius 2 is 1.77 bits per heavy atom. The number of nitrogens with one attached hydrogen (secondary N) is 1. The second-order valence-electron chi connectivity index (χ2n) is 6.18. The van der Waals surface area contributed by atoms with Crippen molar-refractivity contribution in [2.45, 2.75) is 18.3 Å². The van der Waals surface area contributed by atoms with Crippen molar-refractivity contribution in [1.82, 2.24) is 10.2 Å². The highest BCUT2D eigenvalue weighted by atomic mass is 35.5. The molecule has 1 aliphatic rings. The summed E-state index contributed by atoms with van der Waals surface area (Å²) in [7, 11) is 1.79. The van der Waals surface area contributed by atoms with Crippen molar-refractivity contribution in [3.8, 4) is 10.6 Å². The molecule has 0 saturated heterocycles. The Kier molecular flexibility index (Phi) is 4.37. The SMILES string of the molecule is CNc1cc(Cl)c(C2(c3nnc(-c4ccc(F)cc4F)s3)CC2)c(Cl)c1. The fourth-order valence-electron chi connectivity index (χ4n) is 3.06. The normalized spacial score (nSPS) is 15.1. The minimum absolute atomic E-state index is 0.230. The van der Waals surface area contributed by atoms with E-state index < -0.39 is 17.0 Å². The van der Waals surface area contributed by atoms with Gasteiger partial charge in [-0.15, -0.1) is 10.2 Å². The summed E-state index contributed by atoms with van der Waals surface area (Å²) in [6, 6.07) is 7.06. The third kappa shape index (κ3) is 2.86. The zero-order chi connectivity index (χ0) is 18.5. The number of anilines is 1. The predicted octanol–water partition coefficient (Wildman–Crippen LogP) is 5.91. The molecule has 1 N–H and O–H groups in total. The molecule has 0 aliphatic heterocycles. The molecule has 1 heterocycles. The van der Waals surface area contributed by atoms with Gasteiger partial charge < -0.3 is 5.32 Å². The van der Waals surface area contributed by atoms with Crippen LogP contribution in [0, 0.1) is 11.6 Å². The van der Waals surface area contributed by atoms with Crippen LogP contribution in [0.25, 0.3) is 10.6 Å². The first-order valence-corrected chi connectivity index (χ1v) is 9.48. The van der Waals surface area contributed by atoms with Crippen molar-refractivity contribution in [3.05, 3.63) is 62.6 Å². The molecule has 0 unspecified atom stereocenters. The van der Waals surface area contributed by atoms with Gasteiger partial charge in [0, 0.05) is 40.0 Å². The third-order valence-electron chi connectivity index (χ3n) is 4.56. The number of benzene rings is 2. The van der Waals surface area contributed by atoms with E-state index in [0.717, 1.165) is 35.2 Å². The average Bonchev–Trinajstić information content (AvgIpc) is 3.22. The lowest BCUT2D eigenvalue weighted by Crippen LogP contribution is -2.10. The summed E-state index contributed by atoms with van der Waals surface area (Å²) >= 11 is 14.2. The molecule has 3 nitrogen and oxygen atoms in total. The first-order valence-electron chi connectivity index (χ1n) is 7.91. The molecule has 1 aromatic heterocycles. The van der Waals surface area contributed by atoms with E-state index in [9.17, 15) is 8.78 Å². The fourth-order valence-corrected chi connectivity index (χ4v) is 5.03. The Morgan fingerprint density at radius 1 is 1.08 bits per heavy atom. The standard InChI is InChI=1S/C18H13Cl2F2N3S/c1-23-10-7-12(19)15(13(20)8-10)18(4-5-18)17-25-24-16(26-17)11-3-2-9(21)6-14(11)22/h2-3,6-8,23H,4-5H2,1H3. The van der Waals surface area contributed by atoms with Crippen molar-refractivity contribution in [1.29, 1.82) is 0 Å². The minimum Gasteiger partial charge on any atom is -0.388 e. The number of halogens is 4. The molecule has 0 spiro atoms. The first kappa shape index (κ1) is 17.6. The lowest BCUT2D eigenvalue weighted by Gasteiger charge is -2.17. The van der Waals surface area contributed by atoms with Crippen molar-refractivity contribution in [2.75, 3.05) is 12.4 Å². The van der Waals surface area contributed by atoms with Crippen LogP contribution in [0.15, 0.2) is 30.3 Å². The molecule has 8 heteroatoms. The van der Waals surface area contributed by atoms with Crippen LogP contribution in [0.1, 0.15) is 23.4 Å². The van der Waals surface area contributed by atoms with Crippen LogP contribution in [0.2, 0.25) is 10.0 Å². The maximum Gasteiger partial charge on any atom is 0.150 e. The van der Waals surface area contributed by atoms with E-state index in [1.807, 2.05) is 12.1 Å². The van der Waals surface area contributed by atoms with Gasteiger partial charge in [0.05, 0.1) is 5.41 Å². The smallest absolute Gasteiger partial charge is 0.150 e. The van der Waals surface area contributed by atoms with Crippen LogP contribution in [-0.2, 0) is 5.41 Å². The number of aromatic nitrogens is 2. The zero-order valence-corrected chi connectivity index (χ0v) is 15.9. The summed E-state index contributed by atoms with van der Waals surface area (Å²) in [5, 5.41) is 13.7. The molecule has 0 radical (unpaired) electrons. The molecule has 0 bridgehead atoms. The molecular formula is C18H13Cl2F2N3S. The summed E-state index contributed by atoms with van der Waals surface area (Å²) in [5.74, 6) is -1.29. The largest absolute Gasteiger partial charge is 0.388 e. The molecule has 4 rings (SSSR count). The second kappa shape index (κ2) is 6.44. The van der Waals surface area contributed by atoms with Crippen LogP contribution in [0.3, 0.4) is 0 Å². The second-order valence-corrected chi connectivity index (χ2v) is 7.98. The number of hydrogen-bond acceptors (Lipinski definition) is 4. The van der Waals surface area contributed by atoms with E-state index >= 15 is 0 Å². The first-order chi connectivity index (χ1) is 12.4. The maximum absolute atomic E-state index is 14.0. The molecule has 134 valence electrons. The molecule has 26 heavy (non-hydrogen) atoms. The molecule has 0 amide bonds. The lowest BCUT2D eigenvalue weighted by atomic mass is 9.96. The van der Waals surface area contributed by atoms with Crippen LogP contribution < -0.4 is 5.32 Å². The van der Waals surface area contributed by atoms with Crippen molar-refractivity contribution < 1.29 is 8.78 Å². The quantitative estimate of drug-likeness (QED) is 0.579. The monoisotopic (exact) mass is 411 g/mol. The van der Waals surface area contributed by atoms with Gasteiger partial charge in [-0.05, 0) is 37.1 Å². The Bertz CT molecular complexity index is 979. The van der Waals surface area contributed by atoms with Gasteiger partial charge in [-0.25, -0.2) is 8.78 Å². The van der Waals surface area contributed by atoms with Crippen molar-refractivity contribution in [2.24, 2.45) is 0 Å². The minimum atomic E-state index is -0.660. The summed E-state index contributed by atoms with van der Waals surface area (Å²) in [6.45, 7) is 0. The highest BCUT2D eigenvalue weighted by Crippen LogP contribution is 2.58. The zero-order valence-electron chi connectivity index (χ0n) is 13.6. The van der Waals surface area contributed by atoms with E-state index in [0.29, 0.717) is 15.1 Å². The molecule has 1 aliphatic carbocycles. The van der Waals surface area contributed by atoms with Crippen molar-refractivity contribution >= 4 is 40.2 Å². The van der Waals surface area contributed by atoms with Gasteiger partial charge in [-0.1, -0.05) is 34.5 Å². The van der Waals surface area contributed by atoms with Crippen LogP contribution in [-0.4, -0.2) is 17.2 Å². The van der Waals surface area contributed by atoms with Crippen LogP contribution in [0.5, 0.6) is 0 Å². The van der Waals surface area contributed by atoms with E-state index in [2.05, 4.69) is 15.5 Å². The van der Waals surface area contributed by atoms with Gasteiger partial charge >= 0.3 is 0 Å². The Hall–Kier alpha value is -1.76. The Labute approximate surface area is 163 Å². The van der Waals surface area contributed by atoms with Gasteiger partial charge in [0.1, 0.15) is 16.6 Å².